The van der Waals surface area contributed by atoms with Crippen LogP contribution in [0.25, 0.3) is 0 Å². The molecule has 9 heteroatoms. The van der Waals surface area contributed by atoms with Crippen molar-refractivity contribution in [3.8, 4) is 0 Å². The Morgan fingerprint density at radius 3 is 1.95 bits per heavy atom. The van der Waals surface area contributed by atoms with Crippen molar-refractivity contribution in [3.05, 3.63) is 0 Å². The van der Waals surface area contributed by atoms with Crippen molar-refractivity contribution < 1.29 is 14.4 Å². The number of hydrogen-bond acceptors (Lipinski definition) is 6. The van der Waals surface area contributed by atoms with Crippen molar-refractivity contribution in [2.75, 3.05) is 20.4 Å². The molecule has 0 aliphatic rings. The first-order chi connectivity index (χ1) is 10.1. The zero-order valence-corrected chi connectivity index (χ0v) is 16.1. The molecule has 0 N–H and O–H groups in total. The minimum Gasteiger partial charge on any atom is -0.319 e. The van der Waals surface area contributed by atoms with Crippen molar-refractivity contribution in [1.82, 2.24) is 13.5 Å². The number of nitrogens with zero attached hydrogens (tertiary/aromatic N) is 4. The Morgan fingerprint density at radius 1 is 1.05 bits per heavy atom. The molecule has 0 rings (SSSR count). The second-order valence-electron chi connectivity index (χ2n) is 5.13. The van der Waals surface area contributed by atoms with Crippen molar-refractivity contribution in [2.45, 2.75) is 46.7 Å². The molecule has 0 saturated heterocycles. The van der Waals surface area contributed by atoms with Gasteiger partial charge in [-0.1, -0.05) is 5.16 Å². The van der Waals surface area contributed by atoms with E-state index in [9.17, 15) is 9.59 Å². The quantitative estimate of drug-likeness (QED) is 0.250. The van der Waals surface area contributed by atoms with E-state index in [0.29, 0.717) is 5.04 Å². The van der Waals surface area contributed by atoms with Crippen LogP contribution in [0.1, 0.15) is 34.6 Å². The lowest BCUT2D eigenvalue weighted by Gasteiger charge is -2.34. The van der Waals surface area contributed by atoms with E-state index in [1.807, 2.05) is 34.0 Å². The number of urea groups is 1. The highest BCUT2D eigenvalue weighted by molar-refractivity contribution is 8.13. The molecular weight excluding hydrogens is 324 g/mol. The number of amides is 3. The van der Waals surface area contributed by atoms with E-state index < -0.39 is 6.09 Å². The molecule has 22 heavy (non-hydrogen) atoms. The maximum atomic E-state index is 12.4. The third-order valence-electron chi connectivity index (χ3n) is 2.65. The first-order valence-corrected chi connectivity index (χ1v) is 8.84. The van der Waals surface area contributed by atoms with Crippen LogP contribution < -0.4 is 0 Å². The average molecular weight is 351 g/mol. The first-order valence-electron chi connectivity index (χ1n) is 6.89. The van der Waals surface area contributed by atoms with Gasteiger partial charge in [0.15, 0.2) is 0 Å². The molecule has 0 unspecified atom stereocenters. The molecule has 0 heterocycles. The Kier molecular flexibility index (Phi) is 9.34. The van der Waals surface area contributed by atoms with E-state index in [1.54, 1.807) is 18.9 Å². The monoisotopic (exact) mass is 350 g/mol. The number of carbonyl (C=O) groups excluding carboxylic acids is 2. The number of oxime groups is 1. The van der Waals surface area contributed by atoms with Crippen molar-refractivity contribution in [3.63, 3.8) is 0 Å². The standard InChI is InChI=1S/C13H26N4O3S2/c1-9(2)17(10(3)4)12(18)15(6)22-16(7)13(19)20-14-11(5)21-8/h9-10H,1-8H3/b14-11+. The van der Waals surface area contributed by atoms with Gasteiger partial charge in [-0.15, -0.1) is 11.8 Å². The molecule has 0 aliphatic carbocycles. The van der Waals surface area contributed by atoms with E-state index >= 15 is 0 Å². The van der Waals surface area contributed by atoms with Gasteiger partial charge in [-0.3, -0.25) is 9.14 Å². The highest BCUT2D eigenvalue weighted by Gasteiger charge is 2.26. The molecule has 0 radical (unpaired) electrons. The molecule has 0 bridgehead atoms. The molecule has 7 nitrogen and oxygen atoms in total. The SMILES string of the molecule is CS/C(C)=N/OC(=O)N(C)SN(C)C(=O)N(C(C)C)C(C)C. The van der Waals surface area contributed by atoms with Crippen LogP contribution in [-0.4, -0.2) is 63.1 Å². The predicted octanol–water partition coefficient (Wildman–Crippen LogP) is 3.49. The molecule has 128 valence electrons. The van der Waals surface area contributed by atoms with Gasteiger partial charge >= 0.3 is 12.1 Å². The van der Waals surface area contributed by atoms with E-state index in [1.165, 1.54) is 27.4 Å². The van der Waals surface area contributed by atoms with Crippen molar-refractivity contribution in [2.24, 2.45) is 5.16 Å². The fourth-order valence-corrected chi connectivity index (χ4v) is 2.39. The Hall–Kier alpha value is -1.09. The zero-order chi connectivity index (χ0) is 17.4. The maximum Gasteiger partial charge on any atom is 0.447 e. The normalized spacial score (nSPS) is 11.6. The third-order valence-corrected chi connectivity index (χ3v) is 4.11. The molecule has 0 aromatic carbocycles. The summed E-state index contributed by atoms with van der Waals surface area (Å²) in [5, 5.41) is 4.31. The van der Waals surface area contributed by atoms with Crippen LogP contribution in [0.5, 0.6) is 0 Å². The van der Waals surface area contributed by atoms with Crippen LogP contribution in [0.4, 0.5) is 9.59 Å². The largest absolute Gasteiger partial charge is 0.447 e. The van der Waals surface area contributed by atoms with E-state index in [-0.39, 0.29) is 18.1 Å². The summed E-state index contributed by atoms with van der Waals surface area (Å²) in [6.07, 6.45) is 1.20. The van der Waals surface area contributed by atoms with Crippen LogP contribution in [0.15, 0.2) is 5.16 Å². The summed E-state index contributed by atoms with van der Waals surface area (Å²) in [5.74, 6) is 0. The van der Waals surface area contributed by atoms with Crippen LogP contribution >= 0.6 is 23.9 Å². The van der Waals surface area contributed by atoms with Crippen LogP contribution in [0.2, 0.25) is 0 Å². The Morgan fingerprint density at radius 2 is 1.55 bits per heavy atom. The summed E-state index contributed by atoms with van der Waals surface area (Å²) < 4.78 is 2.61. The van der Waals surface area contributed by atoms with Gasteiger partial charge in [0, 0.05) is 26.2 Å². The topological polar surface area (TPSA) is 65.5 Å². The summed E-state index contributed by atoms with van der Waals surface area (Å²) in [6.45, 7) is 9.55. The summed E-state index contributed by atoms with van der Waals surface area (Å²) in [5.41, 5.74) is 0. The summed E-state index contributed by atoms with van der Waals surface area (Å²) in [4.78, 5) is 30.7. The number of rotatable bonds is 5. The molecular formula is C13H26N4O3S2. The lowest BCUT2D eigenvalue weighted by molar-refractivity contribution is 0.135. The molecule has 0 aromatic heterocycles. The third kappa shape index (κ3) is 6.78. The predicted molar refractivity (Wildman–Crippen MR) is 93.7 cm³/mol. The number of hydrogen-bond donors (Lipinski definition) is 0. The van der Waals surface area contributed by atoms with E-state index in [2.05, 4.69) is 5.16 Å². The van der Waals surface area contributed by atoms with Crippen molar-refractivity contribution in [1.29, 1.82) is 0 Å². The van der Waals surface area contributed by atoms with Crippen LogP contribution in [0.3, 0.4) is 0 Å². The molecule has 0 aromatic rings. The fourth-order valence-electron chi connectivity index (χ4n) is 1.65. The van der Waals surface area contributed by atoms with Crippen molar-refractivity contribution >= 4 is 41.1 Å². The van der Waals surface area contributed by atoms with E-state index in [4.69, 9.17) is 4.84 Å². The Labute approximate surface area is 141 Å². The van der Waals surface area contributed by atoms with Gasteiger partial charge in [0.1, 0.15) is 5.04 Å². The smallest absolute Gasteiger partial charge is 0.319 e. The van der Waals surface area contributed by atoms with Gasteiger partial charge in [-0.2, -0.15) is 0 Å². The Bertz CT molecular complexity index is 408. The highest BCUT2D eigenvalue weighted by atomic mass is 32.2. The lowest BCUT2D eigenvalue weighted by Crippen LogP contribution is -2.47. The van der Waals surface area contributed by atoms with Gasteiger partial charge in [0.05, 0.1) is 12.1 Å². The highest BCUT2D eigenvalue weighted by Crippen LogP contribution is 2.18. The molecule has 3 amide bonds. The lowest BCUT2D eigenvalue weighted by atomic mass is 10.2. The fraction of sp³-hybridized carbons (Fsp3) is 0.769. The second-order valence-corrected chi connectivity index (χ2v) is 7.38. The molecule has 0 spiro atoms. The molecule has 0 saturated carbocycles. The van der Waals surface area contributed by atoms with Gasteiger partial charge in [0.25, 0.3) is 0 Å². The molecule has 0 atom stereocenters. The second kappa shape index (κ2) is 9.83. The minimum absolute atomic E-state index is 0.0710. The molecule has 0 fully saturated rings. The summed E-state index contributed by atoms with van der Waals surface area (Å²) in [6, 6.07) is -0.0262. The Balaban J connectivity index is 4.66. The number of carbonyl (C=O) groups is 2. The van der Waals surface area contributed by atoms with Crippen LogP contribution in [0, 0.1) is 0 Å². The van der Waals surface area contributed by atoms with Gasteiger partial charge < -0.3 is 4.90 Å². The average Bonchev–Trinajstić information content (AvgIpc) is 2.42. The van der Waals surface area contributed by atoms with Gasteiger partial charge in [0.2, 0.25) is 0 Å². The number of thioether (sulfide) groups is 1. The van der Waals surface area contributed by atoms with Crippen LogP contribution in [-0.2, 0) is 4.84 Å². The molecule has 0 aliphatic heterocycles. The first kappa shape index (κ1) is 20.9. The van der Waals surface area contributed by atoms with Gasteiger partial charge in [-0.25, -0.2) is 13.9 Å². The maximum absolute atomic E-state index is 12.4. The summed E-state index contributed by atoms with van der Waals surface area (Å²) >= 11 is 2.35. The zero-order valence-electron chi connectivity index (χ0n) is 14.5. The van der Waals surface area contributed by atoms with E-state index in [0.717, 1.165) is 12.1 Å². The van der Waals surface area contributed by atoms with Gasteiger partial charge in [-0.05, 0) is 40.9 Å². The summed E-state index contributed by atoms with van der Waals surface area (Å²) in [7, 11) is 3.14. The minimum atomic E-state index is -0.640.